The lowest BCUT2D eigenvalue weighted by Gasteiger charge is -2.08. The van der Waals surface area contributed by atoms with Crippen LogP contribution in [0.2, 0.25) is 5.15 Å². The quantitative estimate of drug-likeness (QED) is 0.836. The van der Waals surface area contributed by atoms with E-state index >= 15 is 0 Å². The van der Waals surface area contributed by atoms with Gasteiger partial charge in [-0.2, -0.15) is 0 Å². The Balaban J connectivity index is 1.76. The first kappa shape index (κ1) is 12.3. The second-order valence-corrected chi connectivity index (χ2v) is 4.31. The molecule has 1 saturated heterocycles. The second-order valence-electron chi connectivity index (χ2n) is 3.92. The minimum atomic E-state index is -0.109. The maximum Gasteiger partial charge on any atom is 0.230 e. The van der Waals surface area contributed by atoms with Crippen LogP contribution in [0.25, 0.3) is 0 Å². The minimum Gasteiger partial charge on any atom is -0.378 e. The molecule has 1 fully saturated rings. The summed E-state index contributed by atoms with van der Waals surface area (Å²) in [6, 6.07) is 1.56. The average Bonchev–Trinajstić information content (AvgIpc) is 2.79. The number of carbonyl (C=O) groups excluding carboxylic acids is 1. The molecule has 1 aliphatic rings. The molecule has 2 heterocycles. The molecule has 6 heteroatoms. The number of rotatable bonds is 4. The van der Waals surface area contributed by atoms with Crippen LogP contribution in [0.3, 0.4) is 0 Å². The van der Waals surface area contributed by atoms with E-state index in [1.807, 2.05) is 0 Å². The summed E-state index contributed by atoms with van der Waals surface area (Å²) in [7, 11) is 0. The number of nitrogens with one attached hydrogen (secondary N) is 1. The summed E-state index contributed by atoms with van der Waals surface area (Å²) >= 11 is 5.69. The molecule has 1 aliphatic heterocycles. The Labute approximate surface area is 105 Å². The van der Waals surface area contributed by atoms with Crippen molar-refractivity contribution in [2.75, 3.05) is 11.9 Å². The molecule has 17 heavy (non-hydrogen) atoms. The average molecular weight is 256 g/mol. The van der Waals surface area contributed by atoms with Crippen molar-refractivity contribution >= 4 is 23.5 Å². The lowest BCUT2D eigenvalue weighted by molar-refractivity contribution is -0.116. The summed E-state index contributed by atoms with van der Waals surface area (Å²) in [6.45, 7) is 0.809. The molecule has 1 amide bonds. The highest BCUT2D eigenvalue weighted by Crippen LogP contribution is 2.17. The van der Waals surface area contributed by atoms with Crippen LogP contribution in [0.5, 0.6) is 0 Å². The predicted octanol–water partition coefficient (Wildman–Crippen LogP) is 2.03. The number of ether oxygens (including phenoxy) is 1. The first-order valence-corrected chi connectivity index (χ1v) is 6.02. The number of hydrogen-bond donors (Lipinski definition) is 1. The Morgan fingerprint density at radius 1 is 1.65 bits per heavy atom. The first-order valence-electron chi connectivity index (χ1n) is 5.64. The van der Waals surface area contributed by atoms with Crippen LogP contribution >= 0.6 is 11.6 Å². The van der Waals surface area contributed by atoms with Gasteiger partial charge in [-0.15, -0.1) is 0 Å². The third-order valence-corrected chi connectivity index (χ3v) is 2.80. The van der Waals surface area contributed by atoms with Gasteiger partial charge in [0, 0.05) is 19.2 Å². The van der Waals surface area contributed by atoms with Gasteiger partial charge in [-0.25, -0.2) is 9.97 Å². The summed E-state index contributed by atoms with van der Waals surface area (Å²) in [5.74, 6) is 0.137. The van der Waals surface area contributed by atoms with Crippen molar-refractivity contribution in [1.82, 2.24) is 9.97 Å². The van der Waals surface area contributed by atoms with Gasteiger partial charge in [0.15, 0.2) is 0 Å². The number of anilines is 1. The summed E-state index contributed by atoms with van der Waals surface area (Å²) in [5.41, 5.74) is 0. The van der Waals surface area contributed by atoms with E-state index in [-0.39, 0.29) is 18.0 Å². The van der Waals surface area contributed by atoms with Crippen molar-refractivity contribution in [2.24, 2.45) is 0 Å². The van der Waals surface area contributed by atoms with E-state index < -0.39 is 0 Å². The van der Waals surface area contributed by atoms with Gasteiger partial charge >= 0.3 is 0 Å². The fraction of sp³-hybridized carbons (Fsp3) is 0.545. The van der Waals surface area contributed by atoms with E-state index in [4.69, 9.17) is 16.3 Å². The maximum absolute atomic E-state index is 11.6. The van der Waals surface area contributed by atoms with Crippen LogP contribution in [-0.2, 0) is 9.53 Å². The molecule has 92 valence electrons. The Morgan fingerprint density at radius 3 is 3.24 bits per heavy atom. The topological polar surface area (TPSA) is 64.1 Å². The number of carbonyl (C=O) groups is 1. The fourth-order valence-corrected chi connectivity index (χ4v) is 1.88. The zero-order valence-electron chi connectivity index (χ0n) is 9.36. The van der Waals surface area contributed by atoms with E-state index in [0.29, 0.717) is 11.6 Å². The highest BCUT2D eigenvalue weighted by Gasteiger charge is 2.16. The summed E-state index contributed by atoms with van der Waals surface area (Å²) in [5, 5.41) is 2.92. The largest absolute Gasteiger partial charge is 0.378 e. The van der Waals surface area contributed by atoms with Crippen molar-refractivity contribution in [3.8, 4) is 0 Å². The smallest absolute Gasteiger partial charge is 0.230 e. The van der Waals surface area contributed by atoms with Crippen molar-refractivity contribution in [3.05, 3.63) is 17.4 Å². The van der Waals surface area contributed by atoms with Gasteiger partial charge in [-0.3, -0.25) is 10.1 Å². The van der Waals surface area contributed by atoms with Crippen LogP contribution in [-0.4, -0.2) is 28.6 Å². The summed E-state index contributed by atoms with van der Waals surface area (Å²) < 4.78 is 5.44. The van der Waals surface area contributed by atoms with Gasteiger partial charge in [0.05, 0.1) is 6.10 Å². The fourth-order valence-electron chi connectivity index (χ4n) is 1.75. The lowest BCUT2D eigenvalue weighted by Crippen LogP contribution is -2.16. The molecule has 1 aromatic heterocycles. The molecule has 0 bridgehead atoms. The monoisotopic (exact) mass is 255 g/mol. The third-order valence-electron chi connectivity index (χ3n) is 2.59. The molecule has 5 nitrogen and oxygen atoms in total. The second kappa shape index (κ2) is 5.93. The Morgan fingerprint density at radius 2 is 2.53 bits per heavy atom. The molecule has 0 spiro atoms. The van der Waals surface area contributed by atoms with E-state index in [0.717, 1.165) is 25.9 Å². The number of amides is 1. The molecule has 1 N–H and O–H groups in total. The van der Waals surface area contributed by atoms with Gasteiger partial charge in [-0.05, 0) is 25.3 Å². The molecule has 0 saturated carbocycles. The van der Waals surface area contributed by atoms with Gasteiger partial charge in [0.2, 0.25) is 11.9 Å². The van der Waals surface area contributed by atoms with Gasteiger partial charge in [-0.1, -0.05) is 11.6 Å². The van der Waals surface area contributed by atoms with E-state index in [2.05, 4.69) is 15.3 Å². The number of halogens is 1. The molecule has 2 rings (SSSR count). The number of hydrogen-bond acceptors (Lipinski definition) is 4. The Kier molecular flexibility index (Phi) is 4.28. The minimum absolute atomic E-state index is 0.109. The van der Waals surface area contributed by atoms with Gasteiger partial charge in [0.1, 0.15) is 5.15 Å². The zero-order valence-corrected chi connectivity index (χ0v) is 10.1. The van der Waals surface area contributed by atoms with Crippen LogP contribution in [0.1, 0.15) is 25.7 Å². The highest BCUT2D eigenvalue weighted by molar-refractivity contribution is 6.29. The third kappa shape index (κ3) is 3.94. The standard InChI is InChI=1S/C11H14ClN3O2/c12-9-5-6-13-11(14-9)15-10(16)4-3-8-2-1-7-17-8/h5-6,8H,1-4,7H2,(H,13,14,15,16). The molecule has 1 unspecified atom stereocenters. The Hall–Kier alpha value is -1.20. The molecule has 0 radical (unpaired) electrons. The number of nitrogens with zero attached hydrogens (tertiary/aromatic N) is 2. The van der Waals surface area contributed by atoms with E-state index in [9.17, 15) is 4.79 Å². The molecular formula is C11H14ClN3O2. The molecule has 1 atom stereocenters. The highest BCUT2D eigenvalue weighted by atomic mass is 35.5. The summed E-state index contributed by atoms with van der Waals surface area (Å²) in [4.78, 5) is 19.4. The van der Waals surface area contributed by atoms with Gasteiger partial charge in [0.25, 0.3) is 0 Å². The predicted molar refractivity (Wildman–Crippen MR) is 63.9 cm³/mol. The van der Waals surface area contributed by atoms with Crippen molar-refractivity contribution in [2.45, 2.75) is 31.8 Å². The molecule has 1 aromatic rings. The molecular weight excluding hydrogens is 242 g/mol. The van der Waals surface area contributed by atoms with Crippen molar-refractivity contribution < 1.29 is 9.53 Å². The zero-order chi connectivity index (χ0) is 12.1. The molecule has 0 aliphatic carbocycles. The lowest BCUT2D eigenvalue weighted by atomic mass is 10.1. The van der Waals surface area contributed by atoms with E-state index in [1.54, 1.807) is 6.07 Å². The SMILES string of the molecule is O=C(CCC1CCCO1)Nc1nccc(Cl)n1. The first-order chi connectivity index (χ1) is 8.24. The molecule has 0 aromatic carbocycles. The maximum atomic E-state index is 11.6. The van der Waals surface area contributed by atoms with Crippen molar-refractivity contribution in [3.63, 3.8) is 0 Å². The van der Waals surface area contributed by atoms with Crippen molar-refractivity contribution in [1.29, 1.82) is 0 Å². The van der Waals surface area contributed by atoms with E-state index in [1.165, 1.54) is 6.20 Å². The normalized spacial score (nSPS) is 19.2. The van der Waals surface area contributed by atoms with Crippen LogP contribution in [0.15, 0.2) is 12.3 Å². The summed E-state index contributed by atoms with van der Waals surface area (Å²) in [6.07, 6.45) is 5.02. The number of aromatic nitrogens is 2. The van der Waals surface area contributed by atoms with Crippen LogP contribution in [0, 0.1) is 0 Å². The van der Waals surface area contributed by atoms with Crippen LogP contribution < -0.4 is 5.32 Å². The Bertz CT molecular complexity index is 394. The van der Waals surface area contributed by atoms with Gasteiger partial charge < -0.3 is 4.74 Å². The van der Waals surface area contributed by atoms with Crippen LogP contribution in [0.4, 0.5) is 5.95 Å².